The fourth-order valence-corrected chi connectivity index (χ4v) is 6.09. The zero-order valence-corrected chi connectivity index (χ0v) is 22.6. The zero-order valence-electron chi connectivity index (χ0n) is 21.5. The van der Waals surface area contributed by atoms with Gasteiger partial charge in [0.05, 0.1) is 11.2 Å². The van der Waals surface area contributed by atoms with Gasteiger partial charge >= 0.3 is 0 Å². The summed E-state index contributed by atoms with van der Waals surface area (Å²) in [6, 6.07) is 3.37. The highest BCUT2D eigenvalue weighted by atomic mass is 31.0. The number of allylic oxidation sites excluding steroid dienone is 1. The molecule has 1 aromatic heterocycles. The second-order valence-electron chi connectivity index (χ2n) is 10.9. The van der Waals surface area contributed by atoms with Gasteiger partial charge in [-0.1, -0.05) is 48.1 Å². The molecule has 0 radical (unpaired) electrons. The molecule has 0 N–H and O–H groups in total. The summed E-state index contributed by atoms with van der Waals surface area (Å²) < 4.78 is 30.2. The van der Waals surface area contributed by atoms with E-state index >= 15 is 0 Å². The molecular formula is C27H40F2N3P. The first-order valence-electron chi connectivity index (χ1n) is 12.0. The highest BCUT2D eigenvalue weighted by molar-refractivity contribution is 7.27. The van der Waals surface area contributed by atoms with E-state index < -0.39 is 12.5 Å². The number of benzene rings is 1. The normalized spacial score (nSPS) is 15.8. The third-order valence-electron chi connectivity index (χ3n) is 7.08. The maximum atomic E-state index is 14.4. The molecule has 0 aliphatic carbocycles. The van der Waals surface area contributed by atoms with Gasteiger partial charge in [0.1, 0.15) is 18.3 Å². The highest BCUT2D eigenvalue weighted by Crippen LogP contribution is 2.42. The molecule has 33 heavy (non-hydrogen) atoms. The highest BCUT2D eigenvalue weighted by Gasteiger charge is 2.42. The predicted molar refractivity (Wildman–Crippen MR) is 138 cm³/mol. The summed E-state index contributed by atoms with van der Waals surface area (Å²) in [5.41, 5.74) is 3.59. The Kier molecular flexibility index (Phi) is 7.44. The number of hydrogen-bond donors (Lipinski definition) is 0. The van der Waals surface area contributed by atoms with Crippen molar-refractivity contribution in [1.82, 2.24) is 14.5 Å². The number of aromatic nitrogens is 2. The van der Waals surface area contributed by atoms with Crippen LogP contribution in [0.2, 0.25) is 0 Å². The van der Waals surface area contributed by atoms with Crippen LogP contribution >= 0.6 is 9.24 Å². The van der Waals surface area contributed by atoms with Gasteiger partial charge < -0.3 is 9.47 Å². The molecule has 0 bridgehead atoms. The molecule has 1 aliphatic rings. The van der Waals surface area contributed by atoms with Crippen LogP contribution in [0.4, 0.5) is 8.78 Å². The van der Waals surface area contributed by atoms with Crippen LogP contribution in [0.15, 0.2) is 24.4 Å². The molecule has 182 valence electrons. The lowest BCUT2D eigenvalue weighted by Gasteiger charge is -2.48. The molecule has 0 saturated heterocycles. The van der Waals surface area contributed by atoms with Gasteiger partial charge in [0.15, 0.2) is 0 Å². The molecule has 1 aliphatic heterocycles. The average molecular weight is 476 g/mol. The van der Waals surface area contributed by atoms with Gasteiger partial charge in [-0.3, -0.25) is 0 Å². The molecule has 1 atom stereocenters. The first-order valence-corrected chi connectivity index (χ1v) is 12.6. The number of hydrogen-bond acceptors (Lipinski definition) is 2. The molecule has 3 rings (SSSR count). The predicted octanol–water partition coefficient (Wildman–Crippen LogP) is 6.78. The van der Waals surface area contributed by atoms with Crippen LogP contribution in [0.25, 0.3) is 11.3 Å². The second-order valence-corrected chi connectivity index (χ2v) is 11.5. The van der Waals surface area contributed by atoms with Crippen molar-refractivity contribution < 1.29 is 8.78 Å². The quantitative estimate of drug-likeness (QED) is 0.412. The Morgan fingerprint density at radius 3 is 2.24 bits per heavy atom. The maximum absolute atomic E-state index is 14.4. The lowest BCUT2D eigenvalue weighted by Crippen LogP contribution is -2.50. The van der Waals surface area contributed by atoms with E-state index in [1.807, 2.05) is 0 Å². The van der Waals surface area contributed by atoms with Crippen molar-refractivity contribution in [2.75, 3.05) is 6.54 Å². The van der Waals surface area contributed by atoms with Crippen LogP contribution < -0.4 is 5.30 Å². The van der Waals surface area contributed by atoms with Gasteiger partial charge in [0, 0.05) is 46.8 Å². The molecule has 2 aromatic rings. The maximum Gasteiger partial charge on any atom is 0.136 e. The lowest BCUT2D eigenvalue weighted by atomic mass is 9.81. The second kappa shape index (κ2) is 9.49. The summed E-state index contributed by atoms with van der Waals surface area (Å²) in [5.74, 6) is 2.08. The summed E-state index contributed by atoms with van der Waals surface area (Å²) in [6.07, 6.45) is 0. The van der Waals surface area contributed by atoms with Gasteiger partial charge in [-0.05, 0) is 43.7 Å². The first-order chi connectivity index (χ1) is 15.3. The molecule has 6 heteroatoms. The van der Waals surface area contributed by atoms with Crippen molar-refractivity contribution >= 4 is 14.5 Å². The SMILES string of the molecule is C=C(C(C(C)C)C(C)C)N1CCn2c(nc(-c3cc(P)c(F)c(CF)c3)c2C(C)C)C1(C)C. The smallest absolute Gasteiger partial charge is 0.136 e. The summed E-state index contributed by atoms with van der Waals surface area (Å²) in [6.45, 7) is 23.2. The Labute approximate surface area is 200 Å². The molecule has 0 fully saturated rings. The minimum absolute atomic E-state index is 0.0733. The third-order valence-corrected chi connectivity index (χ3v) is 7.50. The van der Waals surface area contributed by atoms with Gasteiger partial charge in [-0.15, -0.1) is 9.24 Å². The monoisotopic (exact) mass is 475 g/mol. The van der Waals surface area contributed by atoms with Crippen LogP contribution in [0.1, 0.15) is 78.4 Å². The van der Waals surface area contributed by atoms with E-state index in [2.05, 4.69) is 80.7 Å². The Bertz CT molecular complexity index is 1030. The number of nitrogens with zero attached hydrogens (tertiary/aromatic N) is 3. The number of alkyl halides is 1. The van der Waals surface area contributed by atoms with Crippen LogP contribution in [0, 0.1) is 23.6 Å². The van der Waals surface area contributed by atoms with Crippen molar-refractivity contribution in [3.05, 3.63) is 47.3 Å². The molecule has 0 spiro atoms. The Morgan fingerprint density at radius 2 is 1.73 bits per heavy atom. The summed E-state index contributed by atoms with van der Waals surface area (Å²) in [4.78, 5) is 7.57. The van der Waals surface area contributed by atoms with Crippen molar-refractivity contribution in [2.24, 2.45) is 17.8 Å². The van der Waals surface area contributed by atoms with E-state index in [9.17, 15) is 8.78 Å². The number of fused-ring (bicyclic) bond motifs is 1. The van der Waals surface area contributed by atoms with Crippen molar-refractivity contribution in [1.29, 1.82) is 0 Å². The molecule has 2 heterocycles. The van der Waals surface area contributed by atoms with Crippen LogP contribution in [0.5, 0.6) is 0 Å². The number of halogens is 2. The van der Waals surface area contributed by atoms with Crippen LogP contribution in [-0.4, -0.2) is 21.0 Å². The summed E-state index contributed by atoms with van der Waals surface area (Å²) in [7, 11) is 2.39. The van der Waals surface area contributed by atoms with Crippen molar-refractivity contribution in [2.45, 2.75) is 80.1 Å². The molecule has 1 unspecified atom stereocenters. The van der Waals surface area contributed by atoms with Gasteiger partial charge in [0.2, 0.25) is 0 Å². The molecule has 1 aromatic carbocycles. The average Bonchev–Trinajstić information content (AvgIpc) is 3.10. The fourth-order valence-electron chi connectivity index (χ4n) is 5.72. The minimum atomic E-state index is -0.837. The summed E-state index contributed by atoms with van der Waals surface area (Å²) >= 11 is 0. The lowest BCUT2D eigenvalue weighted by molar-refractivity contribution is 0.0876. The topological polar surface area (TPSA) is 21.1 Å². The largest absolute Gasteiger partial charge is 0.361 e. The van der Waals surface area contributed by atoms with Crippen LogP contribution in [0.3, 0.4) is 0 Å². The van der Waals surface area contributed by atoms with Gasteiger partial charge in [-0.25, -0.2) is 13.8 Å². The number of imidazole rings is 1. The number of rotatable bonds is 7. The van der Waals surface area contributed by atoms with E-state index in [1.165, 1.54) is 5.70 Å². The standard InChI is InChI=1S/C27H40F2N3P/c1-15(2)22(16(3)4)18(7)32-11-10-31-25(17(5)6)24(30-26(31)27(32,8)9)19-12-20(14-28)23(29)21(33)13-19/h12-13,15-17,22H,7,10-11,14,33H2,1-6,8-9H3. The van der Waals surface area contributed by atoms with Gasteiger partial charge in [0.25, 0.3) is 0 Å². The Hall–Kier alpha value is -1.74. The minimum Gasteiger partial charge on any atom is -0.361 e. The van der Waals surface area contributed by atoms with E-state index in [-0.39, 0.29) is 17.0 Å². The molecule has 3 nitrogen and oxygen atoms in total. The zero-order chi connectivity index (χ0) is 24.8. The van der Waals surface area contributed by atoms with E-state index in [1.54, 1.807) is 12.1 Å². The molecule has 0 saturated carbocycles. The van der Waals surface area contributed by atoms with E-state index in [4.69, 9.17) is 4.98 Å². The molecule has 0 amide bonds. The van der Waals surface area contributed by atoms with Crippen molar-refractivity contribution in [3.8, 4) is 11.3 Å². The fraction of sp³-hybridized carbons (Fsp3) is 0.593. The molecular weight excluding hydrogens is 435 g/mol. The van der Waals surface area contributed by atoms with Gasteiger partial charge in [-0.2, -0.15) is 0 Å². The van der Waals surface area contributed by atoms with E-state index in [0.717, 1.165) is 35.9 Å². The van der Waals surface area contributed by atoms with Crippen molar-refractivity contribution in [3.63, 3.8) is 0 Å². The summed E-state index contributed by atoms with van der Waals surface area (Å²) in [5, 5.41) is 0.367. The third kappa shape index (κ3) is 4.50. The van der Waals surface area contributed by atoms with Crippen LogP contribution in [-0.2, 0) is 18.8 Å². The van der Waals surface area contributed by atoms with E-state index in [0.29, 0.717) is 23.1 Å². The Morgan fingerprint density at radius 1 is 1.12 bits per heavy atom. The first kappa shape index (κ1) is 25.9. The Balaban J connectivity index is 2.16.